The van der Waals surface area contributed by atoms with Crippen molar-refractivity contribution in [1.29, 1.82) is 0 Å². The van der Waals surface area contributed by atoms with E-state index in [1.807, 2.05) is 213 Å². The highest BCUT2D eigenvalue weighted by Crippen LogP contribution is 2.59. The van der Waals surface area contributed by atoms with Crippen molar-refractivity contribution in [3.05, 3.63) is 256 Å². The lowest BCUT2D eigenvalue weighted by Gasteiger charge is -2.49. The smallest absolute Gasteiger partial charge is 0.347 e. The number of carbonyl (C=O) groups is 5. The lowest BCUT2D eigenvalue weighted by molar-refractivity contribution is -0.833. The number of amides is 5. The summed E-state index contributed by atoms with van der Waals surface area (Å²) < 4.78 is 40.2. The zero-order valence-electron chi connectivity index (χ0n) is 58.4. The van der Waals surface area contributed by atoms with Crippen LogP contribution in [-0.2, 0) is 16.1 Å². The number of para-hydroxylation sites is 4. The summed E-state index contributed by atoms with van der Waals surface area (Å²) in [5.74, 6) is -2.93. The van der Waals surface area contributed by atoms with Gasteiger partial charge >= 0.3 is 5.91 Å². The number of anilines is 2. The quantitative estimate of drug-likeness (QED) is 0.0271. The van der Waals surface area contributed by atoms with Crippen molar-refractivity contribution in [1.82, 2.24) is 4.90 Å². The van der Waals surface area contributed by atoms with Gasteiger partial charge in [0.25, 0.3) is 17.7 Å². The van der Waals surface area contributed by atoms with E-state index >= 15 is 29.2 Å². The van der Waals surface area contributed by atoms with E-state index in [1.54, 1.807) is 48.5 Å². The summed E-state index contributed by atoms with van der Waals surface area (Å²) in [5, 5.41) is 29.1. The summed E-state index contributed by atoms with van der Waals surface area (Å²) >= 11 is 0. The fraction of sp³-hybridized carbons (Fsp3) is 0.170. The number of hydrogen-bond acceptors (Lipinski definition) is 12. The van der Waals surface area contributed by atoms with Crippen LogP contribution in [0.1, 0.15) is 99.4 Å². The number of quaternary nitrogens is 1. The lowest BCUT2D eigenvalue weighted by atomic mass is 9.80. The van der Waals surface area contributed by atoms with E-state index in [0.717, 1.165) is 48.7 Å². The minimum atomic E-state index is -1.64. The zero-order valence-corrected chi connectivity index (χ0v) is 58.4. The largest absolute Gasteiger partial charge is 0.624 e. The Kier molecular flexibility index (Phi) is 15.6. The first-order chi connectivity index (χ1) is 50.3. The van der Waals surface area contributed by atoms with E-state index in [9.17, 15) is 0 Å². The van der Waals surface area contributed by atoms with E-state index in [0.29, 0.717) is 113 Å². The van der Waals surface area contributed by atoms with Gasteiger partial charge in [0.15, 0.2) is 17.2 Å². The van der Waals surface area contributed by atoms with Crippen LogP contribution in [0.15, 0.2) is 215 Å². The van der Waals surface area contributed by atoms with Gasteiger partial charge in [-0.15, -0.1) is 0 Å². The van der Waals surface area contributed by atoms with Gasteiger partial charge in [0.1, 0.15) is 69.7 Å². The Morgan fingerprint density at radius 2 is 0.817 bits per heavy atom. The molecule has 13 aromatic carbocycles. The van der Waals surface area contributed by atoms with Crippen LogP contribution in [0.5, 0.6) is 46.0 Å². The number of imide groups is 1. The van der Waals surface area contributed by atoms with Gasteiger partial charge in [-0.25, -0.2) is 4.79 Å². The molecule has 5 atom stereocenters. The summed E-state index contributed by atoms with van der Waals surface area (Å²) in [4.78, 5) is 81.9. The zero-order chi connectivity index (χ0) is 71.7. The molecule has 0 saturated heterocycles. The lowest BCUT2D eigenvalue weighted by Crippen LogP contribution is -2.62. The fourth-order valence-electron chi connectivity index (χ4n) is 15.5. The van der Waals surface area contributed by atoms with Gasteiger partial charge in [0.05, 0.1) is 28.1 Å². The van der Waals surface area contributed by atoms with Gasteiger partial charge in [0, 0.05) is 76.1 Å². The highest BCUT2D eigenvalue weighted by molar-refractivity contribution is 6.43. The average molecular weight is 1380 g/mol. The average Bonchev–Trinajstić information content (AvgIpc) is 0.853. The molecule has 514 valence electrons. The molecule has 0 fully saturated rings. The summed E-state index contributed by atoms with van der Waals surface area (Å²) in [7, 11) is 0. The first-order valence-corrected chi connectivity index (χ1v) is 35.1. The van der Waals surface area contributed by atoms with Gasteiger partial charge < -0.3 is 43.6 Å². The number of benzene rings is 13. The van der Waals surface area contributed by atoms with Gasteiger partial charge in [-0.1, -0.05) is 166 Å². The number of nitrogens with one attached hydrogen (secondary N) is 2. The predicted octanol–water partition coefficient (Wildman–Crippen LogP) is 21.6. The number of fused-ring (bicyclic) bond motifs is 8. The maximum absolute atomic E-state index is 17.0. The van der Waals surface area contributed by atoms with Crippen LogP contribution in [0.4, 0.5) is 11.4 Å². The minimum absolute atomic E-state index is 0.0336. The maximum Gasteiger partial charge on any atom is 0.347 e. The maximum atomic E-state index is 17.0. The Bertz CT molecular complexity index is 5980. The Morgan fingerprint density at radius 1 is 0.442 bits per heavy atom. The third kappa shape index (κ3) is 10.5. The van der Waals surface area contributed by atoms with Crippen LogP contribution in [0, 0.1) is 44.7 Å². The molecule has 2 aliphatic rings. The topological polar surface area (TPSA) is 199 Å². The molecule has 104 heavy (non-hydrogen) atoms. The minimum Gasteiger partial charge on any atom is -0.624 e. The summed E-state index contributed by atoms with van der Waals surface area (Å²) in [5.41, 5.74) is 7.00. The van der Waals surface area contributed by atoms with Crippen molar-refractivity contribution in [2.75, 3.05) is 10.6 Å². The van der Waals surface area contributed by atoms with E-state index in [1.165, 1.54) is 0 Å². The van der Waals surface area contributed by atoms with E-state index in [4.69, 9.17) is 27.8 Å². The molecule has 2 aromatic heterocycles. The van der Waals surface area contributed by atoms with Crippen LogP contribution >= 0.6 is 0 Å². The Hall–Kier alpha value is -12.4. The van der Waals surface area contributed by atoms with Gasteiger partial charge in [-0.05, 0) is 137 Å². The highest BCUT2D eigenvalue weighted by atomic mass is 16.6. The number of ether oxygens (including phenoxy) is 4. The first-order valence-electron chi connectivity index (χ1n) is 35.1. The van der Waals surface area contributed by atoms with Crippen molar-refractivity contribution in [2.45, 2.75) is 86.9 Å². The second kappa shape index (κ2) is 25.0. The molecular formula is C88H70N4O12. The van der Waals surface area contributed by atoms with E-state index < -0.39 is 64.6 Å². The normalized spacial score (nSPS) is 15.6. The van der Waals surface area contributed by atoms with Crippen molar-refractivity contribution in [3.63, 3.8) is 0 Å². The highest BCUT2D eigenvalue weighted by Gasteiger charge is 2.51. The molecule has 0 aliphatic carbocycles. The van der Waals surface area contributed by atoms with E-state index in [-0.39, 0.29) is 45.1 Å². The molecule has 5 unspecified atom stereocenters. The Labute approximate surface area is 597 Å². The Morgan fingerprint density at radius 3 is 1.24 bits per heavy atom. The molecule has 16 heteroatoms. The van der Waals surface area contributed by atoms with E-state index in [2.05, 4.69) is 10.6 Å². The van der Waals surface area contributed by atoms with Gasteiger partial charge in [-0.2, -0.15) is 0 Å². The number of furan rings is 2. The second-order valence-corrected chi connectivity index (χ2v) is 27.9. The molecule has 0 saturated carbocycles. The van der Waals surface area contributed by atoms with Crippen molar-refractivity contribution in [3.8, 4) is 46.0 Å². The molecule has 0 radical (unpaired) electrons. The van der Waals surface area contributed by atoms with Gasteiger partial charge in [-0.3, -0.25) is 28.7 Å². The SMILES string of the molecule is CCC(C)C(C(=O)Nc1cccc2c1oc1ccccc12)N1C(=O)c2cc(Oc3ccc(C)cc3)c3c4c(Oc5ccc(C)cc5)cc5c6c(cc(Oc7ccc(C)cc7)c(c7c(Oc8ccc(C)cc8)cc(c2c37)C1=O)c64)C(=O)[N+]([O-])(C(C(=O)Nc1cccc2c1oc1ccccc12)C(C)CC)C5. The van der Waals surface area contributed by atoms with Crippen LogP contribution in [0.3, 0.4) is 0 Å². The van der Waals surface area contributed by atoms with Crippen molar-refractivity contribution >= 4 is 128 Å². The number of hydroxylamine groups is 3. The molecule has 2 aliphatic heterocycles. The number of carbonyl (C=O) groups excluding carboxylic acids is 5. The predicted molar refractivity (Wildman–Crippen MR) is 406 cm³/mol. The molecule has 0 bridgehead atoms. The van der Waals surface area contributed by atoms with Crippen LogP contribution < -0.4 is 29.6 Å². The van der Waals surface area contributed by atoms with Crippen LogP contribution in [0.25, 0.3) is 87.0 Å². The molecule has 0 spiro atoms. The van der Waals surface area contributed by atoms with Crippen LogP contribution in [-0.4, -0.2) is 51.2 Å². The third-order valence-electron chi connectivity index (χ3n) is 21.1. The fourth-order valence-corrected chi connectivity index (χ4v) is 15.5. The number of rotatable bonds is 18. The molecular weight excluding hydrogens is 1300 g/mol. The number of hydrogen-bond donors (Lipinski definition) is 2. The second-order valence-electron chi connectivity index (χ2n) is 27.9. The molecule has 15 aromatic rings. The summed E-state index contributed by atoms with van der Waals surface area (Å²) in [6.45, 7) is 14.7. The van der Waals surface area contributed by atoms with Crippen molar-refractivity contribution < 1.29 is 56.4 Å². The molecule has 17 rings (SSSR count). The Balaban J connectivity index is 0.954. The number of aryl methyl sites for hydroxylation is 4. The number of nitrogens with zero attached hydrogens (tertiary/aromatic N) is 2. The molecule has 4 heterocycles. The monoisotopic (exact) mass is 1370 g/mol. The molecule has 2 N–H and O–H groups in total. The molecule has 16 nitrogen and oxygen atoms in total. The van der Waals surface area contributed by atoms with Gasteiger partial charge in [0.2, 0.25) is 5.91 Å². The summed E-state index contributed by atoms with van der Waals surface area (Å²) in [6, 6.07) is 59.5. The standard InChI is InChI=1S/C88H70N4O12/c1-9-50(7)80(84(93)89-64-21-15-19-59-57-17-11-13-23-66(57)103-82(59)64)91-86(95)61-42-69(100-54-35-27-47(4)28-36-54)76-74-68(99-53-33-25-46(3)26-34-53)41-52-45-92(98,81(51(8)10-2)85(94)90-65-22-16-20-60-58-18-12-14-24-67(58)104-83(60)65)88(97)63-44-71(102-56-39-31-49(6)32-40-56)75(78(74)72(52)63)77-70(101-55-37-29-48(5)30-38-55)43-62(87(91)96)73(61)79(76)77/h11-44,50-51,80-81H,9-10,45H2,1-8H3,(H,89,93)(H,90,94). The summed E-state index contributed by atoms with van der Waals surface area (Å²) in [6.07, 6.45) is 0.728. The molecule has 5 amide bonds. The van der Waals surface area contributed by atoms with Crippen LogP contribution in [0.2, 0.25) is 0 Å². The van der Waals surface area contributed by atoms with Crippen molar-refractivity contribution in [2.24, 2.45) is 11.8 Å². The third-order valence-corrected chi connectivity index (χ3v) is 21.1. The first kappa shape index (κ1) is 65.0.